The highest BCUT2D eigenvalue weighted by atomic mass is 15.4. The summed E-state index contributed by atoms with van der Waals surface area (Å²) in [6.07, 6.45) is 9.64. The van der Waals surface area contributed by atoms with Crippen molar-refractivity contribution in [1.82, 2.24) is 34.3 Å². The second-order valence-electron chi connectivity index (χ2n) is 6.04. The molecule has 1 atom stereocenters. The van der Waals surface area contributed by atoms with Crippen molar-refractivity contribution in [3.8, 4) is 11.6 Å². The first kappa shape index (κ1) is 14.8. The van der Waals surface area contributed by atoms with E-state index in [-0.39, 0.29) is 6.04 Å². The summed E-state index contributed by atoms with van der Waals surface area (Å²) in [5.41, 5.74) is 1.92. The highest BCUT2D eigenvalue weighted by molar-refractivity contribution is 5.71. The molecule has 0 saturated carbocycles. The van der Waals surface area contributed by atoms with E-state index in [2.05, 4.69) is 44.1 Å². The fourth-order valence-electron chi connectivity index (χ4n) is 3.38. The van der Waals surface area contributed by atoms with Gasteiger partial charge in [0.25, 0.3) is 0 Å². The minimum Gasteiger partial charge on any atom is -0.314 e. The Bertz CT molecular complexity index is 1040. The standard InChI is InChI=1S/C18H16N8/c1-2-14-17-23-21-12-25(17)15-10-20-18(24-9-8-19-11-24)22-16(15)26(14)13-6-4-3-5-7-13/h3-12,14H,2H2,1H3. The molecule has 1 aromatic carbocycles. The molecule has 0 bridgehead atoms. The van der Waals surface area contributed by atoms with Gasteiger partial charge in [0.05, 0.1) is 12.2 Å². The van der Waals surface area contributed by atoms with E-state index in [0.717, 1.165) is 29.4 Å². The lowest BCUT2D eigenvalue weighted by atomic mass is 10.1. The molecule has 26 heavy (non-hydrogen) atoms. The SMILES string of the molecule is CCC1c2nncn2-c2cnc(-n3ccnc3)nc2N1c1ccccc1. The monoisotopic (exact) mass is 344 g/mol. The third kappa shape index (κ3) is 2.12. The van der Waals surface area contributed by atoms with Crippen LogP contribution < -0.4 is 4.90 Å². The van der Waals surface area contributed by atoms with Crippen LogP contribution in [0.25, 0.3) is 11.6 Å². The summed E-state index contributed by atoms with van der Waals surface area (Å²) in [6.45, 7) is 2.14. The predicted molar refractivity (Wildman–Crippen MR) is 95.7 cm³/mol. The van der Waals surface area contributed by atoms with Gasteiger partial charge in [-0.25, -0.2) is 9.97 Å². The van der Waals surface area contributed by atoms with Crippen molar-refractivity contribution in [2.75, 3.05) is 4.90 Å². The maximum atomic E-state index is 4.85. The van der Waals surface area contributed by atoms with Crippen LogP contribution in [0.3, 0.4) is 0 Å². The maximum Gasteiger partial charge on any atom is 0.237 e. The van der Waals surface area contributed by atoms with Crippen LogP contribution in [0.15, 0.2) is 61.6 Å². The maximum absolute atomic E-state index is 4.85. The van der Waals surface area contributed by atoms with Gasteiger partial charge >= 0.3 is 0 Å². The molecule has 1 aliphatic heterocycles. The van der Waals surface area contributed by atoms with Gasteiger partial charge in [0.15, 0.2) is 11.6 Å². The fraction of sp³-hybridized carbons (Fsp3) is 0.167. The number of fused-ring (bicyclic) bond motifs is 3. The molecule has 4 aromatic rings. The summed E-state index contributed by atoms with van der Waals surface area (Å²) in [6, 6.07) is 10.3. The summed E-state index contributed by atoms with van der Waals surface area (Å²) in [4.78, 5) is 15.7. The van der Waals surface area contributed by atoms with Crippen LogP contribution in [0.4, 0.5) is 11.5 Å². The van der Waals surface area contributed by atoms with Crippen molar-refractivity contribution in [2.45, 2.75) is 19.4 Å². The molecule has 0 radical (unpaired) electrons. The lowest BCUT2D eigenvalue weighted by Gasteiger charge is -2.36. The van der Waals surface area contributed by atoms with Gasteiger partial charge in [-0.3, -0.25) is 9.13 Å². The molecule has 1 unspecified atom stereocenters. The van der Waals surface area contributed by atoms with Gasteiger partial charge < -0.3 is 4.90 Å². The van der Waals surface area contributed by atoms with E-state index >= 15 is 0 Å². The van der Waals surface area contributed by atoms with Crippen molar-refractivity contribution in [3.63, 3.8) is 0 Å². The minimum absolute atomic E-state index is 0.0398. The van der Waals surface area contributed by atoms with Crippen LogP contribution in [0, 0.1) is 0 Å². The summed E-state index contributed by atoms with van der Waals surface area (Å²) in [7, 11) is 0. The van der Waals surface area contributed by atoms with Crippen LogP contribution in [-0.2, 0) is 0 Å². The topological polar surface area (TPSA) is 77.5 Å². The molecule has 0 amide bonds. The Hall–Kier alpha value is -3.55. The number of benzene rings is 1. The number of aromatic nitrogens is 7. The van der Waals surface area contributed by atoms with E-state index in [9.17, 15) is 0 Å². The molecule has 0 aliphatic carbocycles. The molecule has 128 valence electrons. The highest BCUT2D eigenvalue weighted by Crippen LogP contribution is 2.42. The second-order valence-corrected chi connectivity index (χ2v) is 6.04. The summed E-state index contributed by atoms with van der Waals surface area (Å²) in [5.74, 6) is 2.30. The number of anilines is 2. The van der Waals surface area contributed by atoms with E-state index in [4.69, 9.17) is 4.98 Å². The van der Waals surface area contributed by atoms with E-state index in [1.54, 1.807) is 23.4 Å². The van der Waals surface area contributed by atoms with Crippen LogP contribution >= 0.6 is 0 Å². The number of para-hydroxylation sites is 1. The van der Waals surface area contributed by atoms with Crippen LogP contribution in [-0.4, -0.2) is 34.3 Å². The van der Waals surface area contributed by atoms with Gasteiger partial charge in [-0.1, -0.05) is 25.1 Å². The molecular weight excluding hydrogens is 328 g/mol. The van der Waals surface area contributed by atoms with Gasteiger partial charge in [-0.15, -0.1) is 10.2 Å². The zero-order valence-corrected chi connectivity index (χ0v) is 14.1. The molecule has 0 fully saturated rings. The Morgan fingerprint density at radius 3 is 2.77 bits per heavy atom. The molecular formula is C18H16N8. The summed E-state index contributed by atoms with van der Waals surface area (Å²) in [5, 5.41) is 8.47. The van der Waals surface area contributed by atoms with Gasteiger partial charge in [0, 0.05) is 18.1 Å². The zero-order chi connectivity index (χ0) is 17.5. The third-order valence-corrected chi connectivity index (χ3v) is 4.57. The van der Waals surface area contributed by atoms with E-state index in [1.165, 1.54) is 0 Å². The Morgan fingerprint density at radius 1 is 1.12 bits per heavy atom. The Balaban J connectivity index is 1.76. The largest absolute Gasteiger partial charge is 0.314 e. The van der Waals surface area contributed by atoms with Crippen molar-refractivity contribution in [2.24, 2.45) is 0 Å². The molecule has 0 spiro atoms. The first-order valence-corrected chi connectivity index (χ1v) is 8.46. The first-order chi connectivity index (χ1) is 12.9. The lowest BCUT2D eigenvalue weighted by molar-refractivity contribution is 0.588. The van der Waals surface area contributed by atoms with Crippen molar-refractivity contribution >= 4 is 11.5 Å². The number of imidazole rings is 1. The quantitative estimate of drug-likeness (QED) is 0.569. The molecule has 1 aliphatic rings. The number of hydrogen-bond acceptors (Lipinski definition) is 6. The minimum atomic E-state index is 0.0398. The normalized spacial score (nSPS) is 15.6. The van der Waals surface area contributed by atoms with Gasteiger partial charge in [0.1, 0.15) is 18.3 Å². The van der Waals surface area contributed by atoms with E-state index < -0.39 is 0 Å². The van der Waals surface area contributed by atoms with E-state index in [0.29, 0.717) is 5.95 Å². The van der Waals surface area contributed by atoms with Crippen molar-refractivity contribution < 1.29 is 0 Å². The molecule has 8 nitrogen and oxygen atoms in total. The third-order valence-electron chi connectivity index (χ3n) is 4.57. The van der Waals surface area contributed by atoms with Gasteiger partial charge in [0.2, 0.25) is 5.95 Å². The Kier molecular flexibility index (Phi) is 3.27. The average molecular weight is 344 g/mol. The van der Waals surface area contributed by atoms with E-state index in [1.807, 2.05) is 35.2 Å². The second kappa shape index (κ2) is 5.76. The van der Waals surface area contributed by atoms with Crippen LogP contribution in [0.1, 0.15) is 25.2 Å². The summed E-state index contributed by atoms with van der Waals surface area (Å²) >= 11 is 0. The average Bonchev–Trinajstić information content (AvgIpc) is 3.39. The number of rotatable bonds is 3. The van der Waals surface area contributed by atoms with Crippen LogP contribution in [0.2, 0.25) is 0 Å². The number of hydrogen-bond donors (Lipinski definition) is 0. The smallest absolute Gasteiger partial charge is 0.237 e. The van der Waals surface area contributed by atoms with Crippen molar-refractivity contribution in [3.05, 3.63) is 67.4 Å². The summed E-state index contributed by atoms with van der Waals surface area (Å²) < 4.78 is 3.77. The Morgan fingerprint density at radius 2 is 2.00 bits per heavy atom. The molecule has 0 saturated heterocycles. The van der Waals surface area contributed by atoms with Crippen molar-refractivity contribution in [1.29, 1.82) is 0 Å². The van der Waals surface area contributed by atoms with Gasteiger partial charge in [-0.2, -0.15) is 4.98 Å². The predicted octanol–water partition coefficient (Wildman–Crippen LogP) is 2.85. The van der Waals surface area contributed by atoms with Crippen LogP contribution in [0.5, 0.6) is 0 Å². The fourth-order valence-corrected chi connectivity index (χ4v) is 3.38. The molecule has 8 heteroatoms. The Labute approximate surface area is 149 Å². The molecule has 5 rings (SSSR count). The first-order valence-electron chi connectivity index (χ1n) is 8.46. The highest BCUT2D eigenvalue weighted by Gasteiger charge is 2.34. The zero-order valence-electron chi connectivity index (χ0n) is 14.1. The molecule has 3 aromatic heterocycles. The van der Waals surface area contributed by atoms with Gasteiger partial charge in [-0.05, 0) is 18.6 Å². The molecule has 0 N–H and O–H groups in total. The number of nitrogens with zero attached hydrogens (tertiary/aromatic N) is 8. The molecule has 4 heterocycles. The lowest BCUT2D eigenvalue weighted by Crippen LogP contribution is -2.32.